The van der Waals surface area contributed by atoms with Crippen molar-refractivity contribution in [3.63, 3.8) is 0 Å². The molecular weight excluding hydrogens is 176 g/mol. The van der Waals surface area contributed by atoms with Crippen LogP contribution in [0.5, 0.6) is 0 Å². The Balaban J connectivity index is 2.47. The Morgan fingerprint density at radius 2 is 2.50 bits per heavy atom. The van der Waals surface area contributed by atoms with Crippen LogP contribution in [0.25, 0.3) is 0 Å². The minimum atomic E-state index is -0.468. The number of aryl methyl sites for hydroxylation is 1. The van der Waals surface area contributed by atoms with E-state index in [1.807, 2.05) is 19.3 Å². The fourth-order valence-corrected chi connectivity index (χ4v) is 1.18. The van der Waals surface area contributed by atoms with Crippen molar-refractivity contribution >= 4 is 11.6 Å². The molecule has 0 bridgehead atoms. The molecule has 0 aliphatic rings. The third kappa shape index (κ3) is 2.50. The first-order valence-electron chi connectivity index (χ1n) is 3.97. The van der Waals surface area contributed by atoms with Gasteiger partial charge >= 0.3 is 0 Å². The molecule has 1 atom stereocenters. The molecule has 0 aliphatic carbocycles. The monoisotopic (exact) mass is 188 g/mol. The zero-order valence-corrected chi connectivity index (χ0v) is 7.83. The summed E-state index contributed by atoms with van der Waals surface area (Å²) < 4.78 is 1.68. The molecule has 0 saturated carbocycles. The Labute approximate surface area is 77.0 Å². The van der Waals surface area contributed by atoms with Crippen LogP contribution in [0, 0.1) is 0 Å². The number of aromatic nitrogens is 2. The lowest BCUT2D eigenvalue weighted by Crippen LogP contribution is -2.00. The van der Waals surface area contributed by atoms with Gasteiger partial charge in [0.1, 0.15) is 0 Å². The van der Waals surface area contributed by atoms with Crippen LogP contribution < -0.4 is 0 Å². The predicted octanol–water partition coefficient (Wildman–Crippen LogP) is 1.47. The maximum absolute atomic E-state index is 9.53. The quantitative estimate of drug-likeness (QED) is 0.727. The van der Waals surface area contributed by atoms with Crippen molar-refractivity contribution in [3.05, 3.63) is 18.0 Å². The van der Waals surface area contributed by atoms with Crippen molar-refractivity contribution in [1.82, 2.24) is 9.78 Å². The Morgan fingerprint density at radius 3 is 3.00 bits per heavy atom. The van der Waals surface area contributed by atoms with Crippen molar-refractivity contribution in [3.8, 4) is 0 Å². The highest BCUT2D eigenvalue weighted by molar-refractivity contribution is 6.17. The fraction of sp³-hybridized carbons (Fsp3) is 0.625. The minimum absolute atomic E-state index is 0.468. The molecule has 3 nitrogen and oxygen atoms in total. The normalized spacial score (nSPS) is 13.2. The first-order valence-corrected chi connectivity index (χ1v) is 4.51. The van der Waals surface area contributed by atoms with Crippen LogP contribution in [-0.4, -0.2) is 20.8 Å². The van der Waals surface area contributed by atoms with Gasteiger partial charge in [-0.25, -0.2) is 0 Å². The van der Waals surface area contributed by atoms with E-state index in [1.54, 1.807) is 4.68 Å². The van der Waals surface area contributed by atoms with E-state index in [4.69, 9.17) is 11.6 Å². The van der Waals surface area contributed by atoms with Crippen molar-refractivity contribution in [1.29, 1.82) is 0 Å². The van der Waals surface area contributed by atoms with Gasteiger partial charge in [-0.1, -0.05) is 0 Å². The summed E-state index contributed by atoms with van der Waals surface area (Å²) in [5, 5.41) is 13.6. The van der Waals surface area contributed by atoms with Gasteiger partial charge in [0.15, 0.2) is 0 Å². The predicted molar refractivity (Wildman–Crippen MR) is 48.1 cm³/mol. The molecule has 1 rings (SSSR count). The van der Waals surface area contributed by atoms with E-state index >= 15 is 0 Å². The molecule has 0 spiro atoms. The van der Waals surface area contributed by atoms with Crippen molar-refractivity contribution in [2.24, 2.45) is 7.05 Å². The van der Waals surface area contributed by atoms with Crippen LogP contribution >= 0.6 is 11.6 Å². The highest BCUT2D eigenvalue weighted by Crippen LogP contribution is 2.15. The van der Waals surface area contributed by atoms with Gasteiger partial charge in [-0.15, -0.1) is 11.6 Å². The van der Waals surface area contributed by atoms with Gasteiger partial charge in [0.25, 0.3) is 0 Å². The summed E-state index contributed by atoms with van der Waals surface area (Å²) in [6.45, 7) is 0. The third-order valence-electron chi connectivity index (χ3n) is 1.69. The van der Waals surface area contributed by atoms with Crippen LogP contribution in [0.3, 0.4) is 0 Å². The molecule has 0 amide bonds. The first-order chi connectivity index (χ1) is 5.74. The molecule has 0 aliphatic heterocycles. The van der Waals surface area contributed by atoms with Crippen LogP contribution in [0.1, 0.15) is 24.6 Å². The van der Waals surface area contributed by atoms with E-state index in [0.29, 0.717) is 12.3 Å². The number of hydrogen-bond donors (Lipinski definition) is 1. The van der Waals surface area contributed by atoms with E-state index in [0.717, 1.165) is 12.1 Å². The summed E-state index contributed by atoms with van der Waals surface area (Å²) in [6.07, 6.45) is 2.85. The Bertz CT molecular complexity index is 237. The van der Waals surface area contributed by atoms with E-state index in [2.05, 4.69) is 5.10 Å². The summed E-state index contributed by atoms with van der Waals surface area (Å²) in [7, 11) is 1.83. The van der Waals surface area contributed by atoms with Crippen LogP contribution in [0.2, 0.25) is 0 Å². The smallest absolute Gasteiger partial charge is 0.0978 e. The largest absolute Gasteiger partial charge is 0.387 e. The fourth-order valence-electron chi connectivity index (χ4n) is 1.03. The van der Waals surface area contributed by atoms with Crippen molar-refractivity contribution < 1.29 is 5.11 Å². The SMILES string of the molecule is Cn1ccc(C(O)CCCCl)n1. The van der Waals surface area contributed by atoms with E-state index in [9.17, 15) is 5.11 Å². The van der Waals surface area contributed by atoms with Crippen LogP contribution in [0.15, 0.2) is 12.3 Å². The number of rotatable bonds is 4. The van der Waals surface area contributed by atoms with Gasteiger partial charge in [-0.05, 0) is 18.9 Å². The van der Waals surface area contributed by atoms with Gasteiger partial charge in [0, 0.05) is 19.1 Å². The zero-order valence-electron chi connectivity index (χ0n) is 7.07. The zero-order chi connectivity index (χ0) is 8.97. The number of hydrogen-bond acceptors (Lipinski definition) is 2. The molecule has 1 unspecified atom stereocenters. The number of halogens is 1. The summed E-state index contributed by atoms with van der Waals surface area (Å²) in [5.41, 5.74) is 0.725. The van der Waals surface area contributed by atoms with Gasteiger partial charge < -0.3 is 5.11 Å². The second-order valence-electron chi connectivity index (χ2n) is 2.76. The molecule has 12 heavy (non-hydrogen) atoms. The Kier molecular flexibility index (Phi) is 3.56. The maximum Gasteiger partial charge on any atom is 0.0978 e. The van der Waals surface area contributed by atoms with Crippen LogP contribution in [0.4, 0.5) is 0 Å². The summed E-state index contributed by atoms with van der Waals surface area (Å²) in [6, 6.07) is 1.82. The molecule has 0 aromatic carbocycles. The molecule has 1 heterocycles. The van der Waals surface area contributed by atoms with E-state index < -0.39 is 6.10 Å². The third-order valence-corrected chi connectivity index (χ3v) is 1.95. The molecule has 1 aromatic rings. The van der Waals surface area contributed by atoms with Gasteiger partial charge in [0.2, 0.25) is 0 Å². The average molecular weight is 189 g/mol. The lowest BCUT2D eigenvalue weighted by Gasteiger charge is -2.04. The number of aliphatic hydroxyl groups is 1. The lowest BCUT2D eigenvalue weighted by molar-refractivity contribution is 0.161. The topological polar surface area (TPSA) is 38.0 Å². The molecule has 4 heteroatoms. The molecule has 0 saturated heterocycles. The Hall–Kier alpha value is -0.540. The average Bonchev–Trinajstić information content (AvgIpc) is 2.47. The second-order valence-corrected chi connectivity index (χ2v) is 3.14. The molecule has 1 N–H and O–H groups in total. The number of nitrogens with zero attached hydrogens (tertiary/aromatic N) is 2. The van der Waals surface area contributed by atoms with Crippen molar-refractivity contribution in [2.45, 2.75) is 18.9 Å². The first kappa shape index (κ1) is 9.55. The number of aliphatic hydroxyl groups excluding tert-OH is 1. The highest BCUT2D eigenvalue weighted by atomic mass is 35.5. The Morgan fingerprint density at radius 1 is 1.75 bits per heavy atom. The molecule has 0 fully saturated rings. The lowest BCUT2D eigenvalue weighted by atomic mass is 10.1. The second kappa shape index (κ2) is 4.48. The standard InChI is InChI=1S/C8H13ClN2O/c1-11-6-4-7(10-11)8(12)3-2-5-9/h4,6,8,12H,2-3,5H2,1H3. The molecule has 1 aromatic heterocycles. The molecular formula is C8H13ClN2O. The maximum atomic E-state index is 9.53. The summed E-state index contributed by atoms with van der Waals surface area (Å²) >= 11 is 5.50. The number of alkyl halides is 1. The van der Waals surface area contributed by atoms with E-state index in [1.165, 1.54) is 0 Å². The minimum Gasteiger partial charge on any atom is -0.387 e. The highest BCUT2D eigenvalue weighted by Gasteiger charge is 2.08. The molecule has 68 valence electrons. The van der Waals surface area contributed by atoms with Gasteiger partial charge in [-0.3, -0.25) is 4.68 Å². The molecule has 0 radical (unpaired) electrons. The van der Waals surface area contributed by atoms with Gasteiger partial charge in [0.05, 0.1) is 11.8 Å². The van der Waals surface area contributed by atoms with Crippen LogP contribution in [-0.2, 0) is 7.05 Å². The summed E-state index contributed by atoms with van der Waals surface area (Å²) in [4.78, 5) is 0. The van der Waals surface area contributed by atoms with E-state index in [-0.39, 0.29) is 0 Å². The summed E-state index contributed by atoms with van der Waals surface area (Å²) in [5.74, 6) is 0.587. The van der Waals surface area contributed by atoms with Crippen molar-refractivity contribution in [2.75, 3.05) is 5.88 Å². The van der Waals surface area contributed by atoms with Gasteiger partial charge in [-0.2, -0.15) is 5.10 Å².